The molecule has 3 N–H and O–H groups in total. The number of nitrogens with two attached hydrogens (primary N) is 1. The molecule has 0 aliphatic carbocycles. The number of allylic oxidation sites excluding steroid dienone is 2. The van der Waals surface area contributed by atoms with Crippen molar-refractivity contribution in [1.29, 1.82) is 0 Å². The van der Waals surface area contributed by atoms with Gasteiger partial charge in [0.15, 0.2) is 0 Å². The molecule has 0 amide bonds. The highest BCUT2D eigenvalue weighted by Crippen LogP contribution is 2.11. The first-order chi connectivity index (χ1) is 9.81. The fraction of sp³-hybridized carbons (Fsp3) is 0.889. The number of hydrogen-bond donors (Lipinski definition) is 2. The number of rotatable bonds is 15. The lowest BCUT2D eigenvalue weighted by Gasteiger charge is -2.07. The number of halogens is 1. The van der Waals surface area contributed by atoms with Crippen molar-refractivity contribution in [3.63, 3.8) is 0 Å². The lowest BCUT2D eigenvalue weighted by Crippen LogP contribution is -2.23. The van der Waals surface area contributed by atoms with Gasteiger partial charge in [-0.25, -0.2) is 0 Å². The lowest BCUT2D eigenvalue weighted by molar-refractivity contribution is 0.257. The van der Waals surface area contributed by atoms with Gasteiger partial charge in [-0.2, -0.15) is 0 Å². The van der Waals surface area contributed by atoms with Crippen molar-refractivity contribution in [3.8, 4) is 0 Å². The van der Waals surface area contributed by atoms with Crippen LogP contribution in [0.1, 0.15) is 90.4 Å². The average Bonchev–Trinajstić information content (AvgIpc) is 2.47. The second kappa shape index (κ2) is 19.9. The Bertz CT molecular complexity index is 209. The minimum absolute atomic E-state index is 0. The Balaban J connectivity index is 0. The predicted molar refractivity (Wildman–Crippen MR) is 97.1 cm³/mol. The van der Waals surface area contributed by atoms with Gasteiger partial charge in [-0.15, -0.1) is 12.4 Å². The molecule has 0 spiro atoms. The topological polar surface area (TPSA) is 46.2 Å². The van der Waals surface area contributed by atoms with Gasteiger partial charge in [0.25, 0.3) is 0 Å². The monoisotopic (exact) mass is 319 g/mol. The molecule has 0 radical (unpaired) electrons. The van der Waals surface area contributed by atoms with Crippen LogP contribution in [0.2, 0.25) is 0 Å². The minimum atomic E-state index is 0. The van der Waals surface area contributed by atoms with E-state index < -0.39 is 0 Å². The van der Waals surface area contributed by atoms with Gasteiger partial charge in [0, 0.05) is 6.04 Å². The molecule has 1 unspecified atom stereocenters. The molecule has 2 nitrogen and oxygen atoms in total. The van der Waals surface area contributed by atoms with E-state index in [9.17, 15) is 0 Å². The van der Waals surface area contributed by atoms with E-state index in [0.29, 0.717) is 0 Å². The van der Waals surface area contributed by atoms with Gasteiger partial charge in [-0.1, -0.05) is 76.9 Å². The molecule has 1 atom stereocenters. The van der Waals surface area contributed by atoms with Crippen LogP contribution in [0, 0.1) is 0 Å². The Kier molecular flexibility index (Phi) is 22.1. The Morgan fingerprint density at radius 2 is 1.29 bits per heavy atom. The highest BCUT2D eigenvalue weighted by atomic mass is 35.5. The molecule has 3 heteroatoms. The van der Waals surface area contributed by atoms with E-state index in [-0.39, 0.29) is 25.1 Å². The van der Waals surface area contributed by atoms with E-state index in [1.54, 1.807) is 0 Å². The molecule has 0 heterocycles. The smallest absolute Gasteiger partial charge is 0.0582 e. The molecule has 0 fully saturated rings. The summed E-state index contributed by atoms with van der Waals surface area (Å²) in [6.45, 7) is 2.38. The molecule has 0 saturated heterocycles. The second-order valence-electron chi connectivity index (χ2n) is 5.96. The molecule has 21 heavy (non-hydrogen) atoms. The molecule has 0 rings (SSSR count). The molecular formula is C18H38ClNO. The van der Waals surface area contributed by atoms with Crippen LogP contribution in [0.3, 0.4) is 0 Å². The first-order valence-corrected chi connectivity index (χ1v) is 8.82. The summed E-state index contributed by atoms with van der Waals surface area (Å²) in [6.07, 6.45) is 21.5. The highest BCUT2D eigenvalue weighted by molar-refractivity contribution is 5.85. The number of aliphatic hydroxyl groups is 1. The number of aliphatic hydroxyl groups excluding tert-OH is 1. The average molecular weight is 320 g/mol. The second-order valence-corrected chi connectivity index (χ2v) is 5.96. The van der Waals surface area contributed by atoms with E-state index in [1.165, 1.54) is 77.0 Å². The normalized spacial score (nSPS) is 12.5. The van der Waals surface area contributed by atoms with Crippen LogP contribution >= 0.6 is 12.4 Å². The van der Waals surface area contributed by atoms with Crippen LogP contribution in [-0.2, 0) is 0 Å². The molecule has 0 bridgehead atoms. The van der Waals surface area contributed by atoms with Gasteiger partial charge in [0.2, 0.25) is 0 Å². The Labute approximate surface area is 139 Å². The fourth-order valence-corrected chi connectivity index (χ4v) is 2.38. The van der Waals surface area contributed by atoms with Gasteiger partial charge in [0.05, 0.1) is 6.61 Å². The molecule has 0 aromatic carbocycles. The van der Waals surface area contributed by atoms with Crippen LogP contribution in [0.4, 0.5) is 0 Å². The van der Waals surface area contributed by atoms with E-state index >= 15 is 0 Å². The van der Waals surface area contributed by atoms with Crippen molar-refractivity contribution < 1.29 is 5.11 Å². The maximum Gasteiger partial charge on any atom is 0.0582 e. The molecule has 128 valence electrons. The first kappa shape index (κ1) is 23.2. The van der Waals surface area contributed by atoms with Crippen LogP contribution in [-0.4, -0.2) is 17.8 Å². The molecule has 0 aliphatic heterocycles. The lowest BCUT2D eigenvalue weighted by atomic mass is 10.0. The summed E-state index contributed by atoms with van der Waals surface area (Å²) in [4.78, 5) is 0. The standard InChI is InChI=1S/C18H37NO.ClH/c1-2-3-4-5-6-7-8-9-10-11-12-13-14-15-16-18(19)17-20;/h5-6,18,20H,2-4,7-17,19H2,1H3;1H/b6-5-;. The molecule has 0 aliphatic rings. The summed E-state index contributed by atoms with van der Waals surface area (Å²) < 4.78 is 0. The highest BCUT2D eigenvalue weighted by Gasteiger charge is 1.99. The van der Waals surface area contributed by atoms with E-state index in [0.717, 1.165) is 6.42 Å². The molecule has 0 aromatic rings. The quantitative estimate of drug-likeness (QED) is 0.314. The summed E-state index contributed by atoms with van der Waals surface area (Å²) in [6, 6.07) is 0.000353. The predicted octanol–water partition coefficient (Wildman–Crippen LogP) is 5.38. The van der Waals surface area contributed by atoms with E-state index in [1.807, 2.05) is 0 Å². The van der Waals surface area contributed by atoms with Gasteiger partial charge in [-0.05, 0) is 25.7 Å². The Morgan fingerprint density at radius 3 is 1.81 bits per heavy atom. The van der Waals surface area contributed by atoms with Crippen molar-refractivity contribution >= 4 is 12.4 Å². The van der Waals surface area contributed by atoms with Crippen molar-refractivity contribution in [2.24, 2.45) is 5.73 Å². The summed E-state index contributed by atoms with van der Waals surface area (Å²) in [5, 5.41) is 8.81. The van der Waals surface area contributed by atoms with Gasteiger partial charge in [0.1, 0.15) is 0 Å². The Hall–Kier alpha value is -0.0500. The number of hydrogen-bond acceptors (Lipinski definition) is 2. The maximum absolute atomic E-state index is 8.81. The largest absolute Gasteiger partial charge is 0.395 e. The molecule has 0 aromatic heterocycles. The van der Waals surface area contributed by atoms with E-state index in [2.05, 4.69) is 19.1 Å². The Morgan fingerprint density at radius 1 is 0.810 bits per heavy atom. The van der Waals surface area contributed by atoms with Crippen LogP contribution < -0.4 is 5.73 Å². The van der Waals surface area contributed by atoms with Crippen molar-refractivity contribution in [2.75, 3.05) is 6.61 Å². The number of unbranched alkanes of at least 4 members (excludes halogenated alkanes) is 10. The summed E-state index contributed by atoms with van der Waals surface area (Å²) in [5.74, 6) is 0. The first-order valence-electron chi connectivity index (χ1n) is 8.82. The summed E-state index contributed by atoms with van der Waals surface area (Å²) in [5.41, 5.74) is 5.66. The zero-order chi connectivity index (χ0) is 14.9. The zero-order valence-electron chi connectivity index (χ0n) is 14.1. The van der Waals surface area contributed by atoms with Crippen LogP contribution in [0.25, 0.3) is 0 Å². The summed E-state index contributed by atoms with van der Waals surface area (Å²) >= 11 is 0. The SMILES string of the molecule is CCCC/C=C\CCCCCCCCCCC(N)CO.Cl. The summed E-state index contributed by atoms with van der Waals surface area (Å²) in [7, 11) is 0. The van der Waals surface area contributed by atoms with Crippen LogP contribution in [0.5, 0.6) is 0 Å². The van der Waals surface area contributed by atoms with Crippen molar-refractivity contribution in [2.45, 2.75) is 96.4 Å². The van der Waals surface area contributed by atoms with Crippen molar-refractivity contribution in [1.82, 2.24) is 0 Å². The molecule has 0 saturated carbocycles. The van der Waals surface area contributed by atoms with Crippen molar-refractivity contribution in [3.05, 3.63) is 12.2 Å². The van der Waals surface area contributed by atoms with Gasteiger partial charge < -0.3 is 10.8 Å². The third kappa shape index (κ3) is 19.9. The van der Waals surface area contributed by atoms with E-state index in [4.69, 9.17) is 10.8 Å². The maximum atomic E-state index is 8.81. The minimum Gasteiger partial charge on any atom is -0.395 e. The third-order valence-electron chi connectivity index (χ3n) is 3.82. The fourth-order valence-electron chi connectivity index (χ4n) is 2.38. The molecular weight excluding hydrogens is 282 g/mol. The van der Waals surface area contributed by atoms with Gasteiger partial charge in [-0.3, -0.25) is 0 Å². The van der Waals surface area contributed by atoms with Gasteiger partial charge >= 0.3 is 0 Å². The zero-order valence-corrected chi connectivity index (χ0v) is 14.9. The van der Waals surface area contributed by atoms with Crippen LogP contribution in [0.15, 0.2) is 12.2 Å². The third-order valence-corrected chi connectivity index (χ3v) is 3.82.